The molecular formula is C9H17NO3. The van der Waals surface area contributed by atoms with Gasteiger partial charge in [0.05, 0.1) is 12.5 Å². The average Bonchev–Trinajstić information content (AvgIpc) is 2.51. The van der Waals surface area contributed by atoms with Crippen LogP contribution in [0.3, 0.4) is 0 Å². The molecule has 76 valence electrons. The third-order valence-electron chi connectivity index (χ3n) is 2.64. The van der Waals surface area contributed by atoms with E-state index in [4.69, 9.17) is 10.2 Å². The molecule has 13 heavy (non-hydrogen) atoms. The molecule has 1 saturated heterocycles. The molecule has 0 saturated carbocycles. The average molecular weight is 187 g/mol. The first-order valence-corrected chi connectivity index (χ1v) is 4.73. The number of aliphatic hydroxyl groups is 1. The van der Waals surface area contributed by atoms with E-state index in [-0.39, 0.29) is 18.6 Å². The maximum Gasteiger partial charge on any atom is 0.307 e. The summed E-state index contributed by atoms with van der Waals surface area (Å²) in [6, 6.07) is 0.182. The summed E-state index contributed by atoms with van der Waals surface area (Å²) in [5.41, 5.74) is 0. The van der Waals surface area contributed by atoms with E-state index < -0.39 is 5.97 Å². The van der Waals surface area contributed by atoms with Crippen molar-refractivity contribution in [1.82, 2.24) is 4.90 Å². The van der Waals surface area contributed by atoms with Gasteiger partial charge in [0.15, 0.2) is 0 Å². The van der Waals surface area contributed by atoms with E-state index >= 15 is 0 Å². The van der Waals surface area contributed by atoms with Crippen LogP contribution in [0.25, 0.3) is 0 Å². The van der Waals surface area contributed by atoms with E-state index in [0.717, 1.165) is 19.4 Å². The maximum atomic E-state index is 10.6. The quantitative estimate of drug-likeness (QED) is 0.658. The van der Waals surface area contributed by atoms with Crippen LogP contribution in [0.1, 0.15) is 19.8 Å². The van der Waals surface area contributed by atoms with Crippen LogP contribution in [0.4, 0.5) is 0 Å². The Morgan fingerprint density at radius 2 is 2.38 bits per heavy atom. The lowest BCUT2D eigenvalue weighted by Crippen LogP contribution is -2.37. The number of nitrogens with zero attached hydrogens (tertiary/aromatic N) is 1. The number of aliphatic carboxylic acids is 1. The van der Waals surface area contributed by atoms with Crippen molar-refractivity contribution in [1.29, 1.82) is 0 Å². The van der Waals surface area contributed by atoms with Crippen LogP contribution >= 0.6 is 0 Å². The molecule has 2 atom stereocenters. The van der Waals surface area contributed by atoms with E-state index in [1.807, 2.05) is 0 Å². The Morgan fingerprint density at radius 1 is 1.69 bits per heavy atom. The number of rotatable bonds is 4. The van der Waals surface area contributed by atoms with Crippen LogP contribution in [0.5, 0.6) is 0 Å². The van der Waals surface area contributed by atoms with Gasteiger partial charge in [-0.2, -0.15) is 0 Å². The normalized spacial score (nSPS) is 26.2. The molecule has 0 spiro atoms. The zero-order chi connectivity index (χ0) is 9.84. The highest BCUT2D eigenvalue weighted by atomic mass is 16.4. The highest BCUT2D eigenvalue weighted by Crippen LogP contribution is 2.17. The summed E-state index contributed by atoms with van der Waals surface area (Å²) in [5, 5.41) is 17.7. The fourth-order valence-corrected chi connectivity index (χ4v) is 1.77. The second-order valence-electron chi connectivity index (χ2n) is 3.71. The Balaban J connectivity index is 2.39. The smallest absolute Gasteiger partial charge is 0.307 e. The first kappa shape index (κ1) is 10.5. The number of likely N-dealkylation sites (tertiary alicyclic amines) is 1. The molecule has 4 heteroatoms. The minimum absolute atomic E-state index is 0.145. The number of hydrogen-bond donors (Lipinski definition) is 2. The summed E-state index contributed by atoms with van der Waals surface area (Å²) in [4.78, 5) is 12.7. The minimum Gasteiger partial charge on any atom is -0.481 e. The van der Waals surface area contributed by atoms with E-state index in [9.17, 15) is 4.79 Å². The Hall–Kier alpha value is -0.610. The SMILES string of the molecule is CC(CN1CCCC1CO)C(=O)O. The van der Waals surface area contributed by atoms with Gasteiger partial charge in [-0.25, -0.2) is 0 Å². The monoisotopic (exact) mass is 187 g/mol. The van der Waals surface area contributed by atoms with Crippen LogP contribution in [0.15, 0.2) is 0 Å². The van der Waals surface area contributed by atoms with Crippen molar-refractivity contribution in [3.63, 3.8) is 0 Å². The molecular weight excluding hydrogens is 170 g/mol. The van der Waals surface area contributed by atoms with Crippen LogP contribution in [0.2, 0.25) is 0 Å². The lowest BCUT2D eigenvalue weighted by atomic mass is 10.1. The molecule has 0 bridgehead atoms. The van der Waals surface area contributed by atoms with Gasteiger partial charge in [0.1, 0.15) is 0 Å². The van der Waals surface area contributed by atoms with E-state index in [1.165, 1.54) is 0 Å². The van der Waals surface area contributed by atoms with Gasteiger partial charge >= 0.3 is 5.97 Å². The zero-order valence-electron chi connectivity index (χ0n) is 7.94. The van der Waals surface area contributed by atoms with Crippen molar-refractivity contribution in [2.24, 2.45) is 5.92 Å². The lowest BCUT2D eigenvalue weighted by Gasteiger charge is -2.24. The number of carboxylic acid groups (broad SMARTS) is 1. The standard InChI is InChI=1S/C9H17NO3/c1-7(9(12)13)5-10-4-2-3-8(10)6-11/h7-8,11H,2-6H2,1H3,(H,12,13). The predicted octanol–water partition coefficient (Wildman–Crippen LogP) is 0.164. The van der Waals surface area contributed by atoms with Gasteiger partial charge in [0, 0.05) is 12.6 Å². The van der Waals surface area contributed by atoms with Crippen molar-refractivity contribution in [2.75, 3.05) is 19.7 Å². The fourth-order valence-electron chi connectivity index (χ4n) is 1.77. The van der Waals surface area contributed by atoms with Gasteiger partial charge in [-0.05, 0) is 19.4 Å². The molecule has 1 aliphatic heterocycles. The molecule has 0 radical (unpaired) electrons. The molecule has 4 nitrogen and oxygen atoms in total. The van der Waals surface area contributed by atoms with Crippen LogP contribution in [0, 0.1) is 5.92 Å². The maximum absolute atomic E-state index is 10.6. The Morgan fingerprint density at radius 3 is 2.92 bits per heavy atom. The van der Waals surface area contributed by atoms with Crippen molar-refractivity contribution >= 4 is 5.97 Å². The predicted molar refractivity (Wildman–Crippen MR) is 48.5 cm³/mol. The third-order valence-corrected chi connectivity index (χ3v) is 2.64. The summed E-state index contributed by atoms with van der Waals surface area (Å²) in [6.45, 7) is 3.32. The van der Waals surface area contributed by atoms with E-state index in [2.05, 4.69) is 4.90 Å². The molecule has 1 rings (SSSR count). The molecule has 1 aliphatic rings. The molecule has 0 aromatic carbocycles. The van der Waals surface area contributed by atoms with Crippen LogP contribution in [-0.4, -0.2) is 46.8 Å². The number of carboxylic acids is 1. The van der Waals surface area contributed by atoms with E-state index in [0.29, 0.717) is 6.54 Å². The first-order valence-electron chi connectivity index (χ1n) is 4.73. The summed E-state index contributed by atoms with van der Waals surface area (Å²) >= 11 is 0. The zero-order valence-corrected chi connectivity index (χ0v) is 7.94. The van der Waals surface area contributed by atoms with Crippen LogP contribution in [-0.2, 0) is 4.79 Å². The van der Waals surface area contributed by atoms with Crippen molar-refractivity contribution < 1.29 is 15.0 Å². The molecule has 0 aromatic rings. The van der Waals surface area contributed by atoms with Crippen LogP contribution < -0.4 is 0 Å². The molecule has 2 unspecified atom stereocenters. The fraction of sp³-hybridized carbons (Fsp3) is 0.889. The first-order chi connectivity index (χ1) is 6.15. The highest BCUT2D eigenvalue weighted by molar-refractivity contribution is 5.69. The second kappa shape index (κ2) is 4.58. The van der Waals surface area contributed by atoms with Gasteiger partial charge in [0.2, 0.25) is 0 Å². The largest absolute Gasteiger partial charge is 0.481 e. The topological polar surface area (TPSA) is 60.8 Å². The molecule has 1 fully saturated rings. The molecule has 0 aromatic heterocycles. The second-order valence-corrected chi connectivity index (χ2v) is 3.71. The number of hydrogen-bond acceptors (Lipinski definition) is 3. The lowest BCUT2D eigenvalue weighted by molar-refractivity contribution is -0.141. The Bertz CT molecular complexity index is 184. The van der Waals surface area contributed by atoms with Gasteiger partial charge in [-0.15, -0.1) is 0 Å². The van der Waals surface area contributed by atoms with Gasteiger partial charge < -0.3 is 10.2 Å². The van der Waals surface area contributed by atoms with Gasteiger partial charge in [-0.1, -0.05) is 6.92 Å². The van der Waals surface area contributed by atoms with Crippen molar-refractivity contribution in [3.8, 4) is 0 Å². The van der Waals surface area contributed by atoms with Crippen molar-refractivity contribution in [2.45, 2.75) is 25.8 Å². The Kier molecular flexibility index (Phi) is 3.69. The molecule has 2 N–H and O–H groups in total. The summed E-state index contributed by atoms with van der Waals surface area (Å²) in [5.74, 6) is -1.10. The highest BCUT2D eigenvalue weighted by Gasteiger charge is 2.26. The molecule has 1 heterocycles. The van der Waals surface area contributed by atoms with Gasteiger partial charge in [0.25, 0.3) is 0 Å². The Labute approximate surface area is 78.2 Å². The minimum atomic E-state index is -0.761. The number of carbonyl (C=O) groups is 1. The molecule has 0 amide bonds. The van der Waals surface area contributed by atoms with Crippen molar-refractivity contribution in [3.05, 3.63) is 0 Å². The third kappa shape index (κ3) is 2.67. The molecule has 0 aliphatic carbocycles. The summed E-state index contributed by atoms with van der Waals surface area (Å²) in [7, 11) is 0. The summed E-state index contributed by atoms with van der Waals surface area (Å²) < 4.78 is 0. The van der Waals surface area contributed by atoms with Gasteiger partial charge in [-0.3, -0.25) is 9.69 Å². The number of aliphatic hydroxyl groups excluding tert-OH is 1. The summed E-state index contributed by atoms with van der Waals surface area (Å²) in [6.07, 6.45) is 2.06. The van der Waals surface area contributed by atoms with E-state index in [1.54, 1.807) is 6.92 Å².